The standard InChI is InChI=1S/C21H29N3O3/c1-15(19-12-18(26-4)9-10-20(19)27-5)23-21(25)22-13-16-7-6-8-17(11-16)14-24(2)3/h6-12,15H,13-14H2,1-5H3,(H2,22,23,25). The molecule has 1 atom stereocenters. The molecule has 0 saturated carbocycles. The first-order valence-electron chi connectivity index (χ1n) is 8.91. The van der Waals surface area contributed by atoms with Gasteiger partial charge < -0.3 is 25.0 Å². The minimum absolute atomic E-state index is 0.227. The smallest absolute Gasteiger partial charge is 0.315 e. The second-order valence-electron chi connectivity index (χ2n) is 6.71. The molecule has 2 aromatic rings. The van der Waals surface area contributed by atoms with E-state index >= 15 is 0 Å². The quantitative estimate of drug-likeness (QED) is 0.747. The zero-order valence-corrected chi connectivity index (χ0v) is 16.7. The van der Waals surface area contributed by atoms with E-state index in [4.69, 9.17) is 9.47 Å². The van der Waals surface area contributed by atoms with E-state index in [9.17, 15) is 4.79 Å². The van der Waals surface area contributed by atoms with Gasteiger partial charge in [-0.3, -0.25) is 0 Å². The zero-order chi connectivity index (χ0) is 19.8. The fourth-order valence-electron chi connectivity index (χ4n) is 2.89. The summed E-state index contributed by atoms with van der Waals surface area (Å²) < 4.78 is 10.7. The van der Waals surface area contributed by atoms with Crippen LogP contribution in [0.5, 0.6) is 11.5 Å². The summed E-state index contributed by atoms with van der Waals surface area (Å²) in [7, 11) is 7.29. The van der Waals surface area contributed by atoms with Crippen LogP contribution >= 0.6 is 0 Å². The van der Waals surface area contributed by atoms with Crippen LogP contribution in [-0.4, -0.2) is 39.2 Å². The Balaban J connectivity index is 1.96. The Labute approximate surface area is 161 Å². The number of rotatable bonds is 8. The molecule has 6 heteroatoms. The van der Waals surface area contributed by atoms with Gasteiger partial charge in [0.1, 0.15) is 11.5 Å². The SMILES string of the molecule is COc1ccc(OC)c(C(C)NC(=O)NCc2cccc(CN(C)C)c2)c1. The number of carbonyl (C=O) groups excluding carboxylic acids is 1. The first-order chi connectivity index (χ1) is 12.9. The molecule has 0 aromatic heterocycles. The maximum atomic E-state index is 12.3. The normalized spacial score (nSPS) is 11.8. The summed E-state index contributed by atoms with van der Waals surface area (Å²) in [5.41, 5.74) is 3.14. The van der Waals surface area contributed by atoms with E-state index in [1.165, 1.54) is 5.56 Å². The average Bonchev–Trinajstić information content (AvgIpc) is 2.65. The highest BCUT2D eigenvalue weighted by Gasteiger charge is 2.15. The van der Waals surface area contributed by atoms with Crippen molar-refractivity contribution in [3.05, 3.63) is 59.2 Å². The lowest BCUT2D eigenvalue weighted by atomic mass is 10.1. The highest BCUT2D eigenvalue weighted by molar-refractivity contribution is 5.74. The molecule has 0 heterocycles. The van der Waals surface area contributed by atoms with Gasteiger partial charge in [-0.1, -0.05) is 24.3 Å². The zero-order valence-electron chi connectivity index (χ0n) is 16.7. The van der Waals surface area contributed by atoms with Crippen LogP contribution in [0.3, 0.4) is 0 Å². The number of amides is 2. The maximum absolute atomic E-state index is 12.3. The van der Waals surface area contributed by atoms with E-state index in [2.05, 4.69) is 27.7 Å². The molecule has 2 N–H and O–H groups in total. The molecule has 0 aliphatic carbocycles. The summed E-state index contributed by atoms with van der Waals surface area (Å²) >= 11 is 0. The fraction of sp³-hybridized carbons (Fsp3) is 0.381. The minimum Gasteiger partial charge on any atom is -0.497 e. The number of hydrogen-bond acceptors (Lipinski definition) is 4. The summed E-state index contributed by atoms with van der Waals surface area (Å²) in [5.74, 6) is 1.43. The van der Waals surface area contributed by atoms with Crippen LogP contribution in [0.2, 0.25) is 0 Å². The molecule has 0 aliphatic heterocycles. The van der Waals surface area contributed by atoms with E-state index in [1.807, 2.05) is 51.4 Å². The third kappa shape index (κ3) is 6.18. The Hall–Kier alpha value is -2.73. The largest absolute Gasteiger partial charge is 0.497 e. The molecular weight excluding hydrogens is 342 g/mol. The maximum Gasteiger partial charge on any atom is 0.315 e. The molecule has 0 radical (unpaired) electrons. The number of ether oxygens (including phenoxy) is 2. The first-order valence-corrected chi connectivity index (χ1v) is 8.91. The Bertz CT molecular complexity index is 762. The second kappa shape index (κ2) is 9.83. The molecule has 146 valence electrons. The van der Waals surface area contributed by atoms with Crippen LogP contribution in [-0.2, 0) is 13.1 Å². The molecule has 6 nitrogen and oxygen atoms in total. The van der Waals surface area contributed by atoms with Gasteiger partial charge in [0.25, 0.3) is 0 Å². The van der Waals surface area contributed by atoms with E-state index in [1.54, 1.807) is 14.2 Å². The molecule has 0 saturated heterocycles. The van der Waals surface area contributed by atoms with Crippen molar-refractivity contribution in [3.63, 3.8) is 0 Å². The molecule has 0 aliphatic rings. The van der Waals surface area contributed by atoms with Gasteiger partial charge in [0, 0.05) is 18.7 Å². The second-order valence-corrected chi connectivity index (χ2v) is 6.71. The Morgan fingerprint density at radius 1 is 1.07 bits per heavy atom. The van der Waals surface area contributed by atoms with Crippen LogP contribution in [0.15, 0.2) is 42.5 Å². The summed E-state index contributed by atoms with van der Waals surface area (Å²) in [4.78, 5) is 14.4. The fourth-order valence-corrected chi connectivity index (χ4v) is 2.89. The third-order valence-corrected chi connectivity index (χ3v) is 4.19. The van der Waals surface area contributed by atoms with Gasteiger partial charge in [0.15, 0.2) is 0 Å². The Kier molecular flexibility index (Phi) is 7.49. The number of urea groups is 1. The van der Waals surface area contributed by atoms with Crippen molar-refractivity contribution in [2.45, 2.75) is 26.1 Å². The summed E-state index contributed by atoms with van der Waals surface area (Å²) in [5, 5.41) is 5.86. The predicted molar refractivity (Wildman–Crippen MR) is 107 cm³/mol. The number of hydrogen-bond donors (Lipinski definition) is 2. The summed E-state index contributed by atoms with van der Waals surface area (Å²) in [6.45, 7) is 3.25. The van der Waals surface area contributed by atoms with E-state index < -0.39 is 0 Å². The third-order valence-electron chi connectivity index (χ3n) is 4.19. The molecule has 2 rings (SSSR count). The van der Waals surface area contributed by atoms with Gasteiger partial charge in [-0.15, -0.1) is 0 Å². The Morgan fingerprint density at radius 3 is 2.48 bits per heavy atom. The lowest BCUT2D eigenvalue weighted by Crippen LogP contribution is -2.36. The summed E-state index contributed by atoms with van der Waals surface area (Å²) in [6, 6.07) is 13.3. The highest BCUT2D eigenvalue weighted by Crippen LogP contribution is 2.29. The number of methoxy groups -OCH3 is 2. The number of nitrogens with zero attached hydrogens (tertiary/aromatic N) is 1. The average molecular weight is 371 g/mol. The molecule has 0 fully saturated rings. The van der Waals surface area contributed by atoms with E-state index in [0.717, 1.165) is 23.4 Å². The van der Waals surface area contributed by atoms with Gasteiger partial charge in [-0.05, 0) is 50.3 Å². The van der Waals surface area contributed by atoms with Gasteiger partial charge >= 0.3 is 6.03 Å². The van der Waals surface area contributed by atoms with Gasteiger partial charge in [0.05, 0.1) is 20.3 Å². The van der Waals surface area contributed by atoms with Crippen molar-refractivity contribution in [1.29, 1.82) is 0 Å². The molecular formula is C21H29N3O3. The van der Waals surface area contributed by atoms with E-state index in [0.29, 0.717) is 12.3 Å². The first kappa shape index (κ1) is 20.6. The van der Waals surface area contributed by atoms with E-state index in [-0.39, 0.29) is 12.1 Å². The van der Waals surface area contributed by atoms with Crippen molar-refractivity contribution in [2.75, 3.05) is 28.3 Å². The van der Waals surface area contributed by atoms with Gasteiger partial charge in [-0.2, -0.15) is 0 Å². The Morgan fingerprint density at radius 2 is 1.81 bits per heavy atom. The highest BCUT2D eigenvalue weighted by atomic mass is 16.5. The van der Waals surface area contributed by atoms with Gasteiger partial charge in [0.2, 0.25) is 0 Å². The molecule has 27 heavy (non-hydrogen) atoms. The number of nitrogens with one attached hydrogen (secondary N) is 2. The van der Waals surface area contributed by atoms with Crippen molar-refractivity contribution < 1.29 is 14.3 Å². The van der Waals surface area contributed by atoms with Crippen molar-refractivity contribution >= 4 is 6.03 Å². The lowest BCUT2D eigenvalue weighted by Gasteiger charge is -2.19. The molecule has 1 unspecified atom stereocenters. The van der Waals surface area contributed by atoms with Crippen LogP contribution in [0.1, 0.15) is 29.7 Å². The van der Waals surface area contributed by atoms with Gasteiger partial charge in [-0.25, -0.2) is 4.79 Å². The monoisotopic (exact) mass is 371 g/mol. The van der Waals surface area contributed by atoms with Crippen molar-refractivity contribution in [3.8, 4) is 11.5 Å². The molecule has 0 spiro atoms. The van der Waals surface area contributed by atoms with Crippen LogP contribution < -0.4 is 20.1 Å². The number of benzene rings is 2. The minimum atomic E-state index is -0.231. The van der Waals surface area contributed by atoms with Crippen molar-refractivity contribution in [1.82, 2.24) is 15.5 Å². The van der Waals surface area contributed by atoms with Crippen LogP contribution in [0, 0.1) is 0 Å². The summed E-state index contributed by atoms with van der Waals surface area (Å²) in [6.07, 6.45) is 0. The topological polar surface area (TPSA) is 62.8 Å². The van der Waals surface area contributed by atoms with Crippen LogP contribution in [0.25, 0.3) is 0 Å². The molecule has 0 bridgehead atoms. The van der Waals surface area contributed by atoms with Crippen molar-refractivity contribution in [2.24, 2.45) is 0 Å². The van der Waals surface area contributed by atoms with Crippen LogP contribution in [0.4, 0.5) is 4.79 Å². The molecule has 2 aromatic carbocycles. The lowest BCUT2D eigenvalue weighted by molar-refractivity contribution is 0.237. The predicted octanol–water partition coefficient (Wildman–Crippen LogP) is 3.33. The molecule has 2 amide bonds. The number of carbonyl (C=O) groups is 1.